The van der Waals surface area contributed by atoms with Crippen molar-refractivity contribution in [2.45, 2.75) is 18.8 Å². The highest BCUT2D eigenvalue weighted by Gasteiger charge is 2.29. The van der Waals surface area contributed by atoms with Crippen molar-refractivity contribution in [1.29, 1.82) is 0 Å². The number of ether oxygens (including phenoxy) is 2. The van der Waals surface area contributed by atoms with Crippen LogP contribution < -0.4 is 9.64 Å². The fraction of sp³-hybridized carbons (Fsp3) is 0.368. The summed E-state index contributed by atoms with van der Waals surface area (Å²) in [5.74, 6) is 0.964. The number of rotatable bonds is 5. The number of hydrogen-bond donors (Lipinski definition) is 0. The van der Waals surface area contributed by atoms with E-state index in [1.807, 2.05) is 23.1 Å². The fourth-order valence-corrected chi connectivity index (χ4v) is 3.20. The van der Waals surface area contributed by atoms with Crippen LogP contribution in [0.15, 0.2) is 42.6 Å². The number of pyridine rings is 1. The van der Waals surface area contributed by atoms with Crippen LogP contribution in [0.4, 0.5) is 5.69 Å². The highest BCUT2D eigenvalue weighted by atomic mass is 16.5. The first kappa shape index (κ1) is 16.5. The Hall–Kier alpha value is -2.40. The summed E-state index contributed by atoms with van der Waals surface area (Å²) in [5, 5.41) is 0. The van der Waals surface area contributed by atoms with Crippen molar-refractivity contribution >= 4 is 11.6 Å². The van der Waals surface area contributed by atoms with Crippen LogP contribution in [0.3, 0.4) is 0 Å². The van der Waals surface area contributed by atoms with Crippen LogP contribution >= 0.6 is 0 Å². The third kappa shape index (κ3) is 3.26. The lowest BCUT2D eigenvalue weighted by atomic mass is 9.87. The normalized spacial score (nSPS) is 16.6. The second kappa shape index (κ2) is 7.45. The van der Waals surface area contributed by atoms with Crippen molar-refractivity contribution in [3.05, 3.63) is 53.9 Å². The summed E-state index contributed by atoms with van der Waals surface area (Å²) < 4.78 is 10.4. The van der Waals surface area contributed by atoms with Crippen LogP contribution in [0.25, 0.3) is 0 Å². The minimum absolute atomic E-state index is 0.0912. The van der Waals surface area contributed by atoms with Gasteiger partial charge in [0.15, 0.2) is 0 Å². The number of carbonyl (C=O) groups excluding carboxylic acids is 1. The molecule has 126 valence electrons. The van der Waals surface area contributed by atoms with Crippen molar-refractivity contribution in [3.63, 3.8) is 0 Å². The molecule has 3 rings (SSSR count). The van der Waals surface area contributed by atoms with E-state index < -0.39 is 0 Å². The summed E-state index contributed by atoms with van der Waals surface area (Å²) in [6.07, 6.45) is 3.49. The molecule has 1 aliphatic rings. The maximum absolute atomic E-state index is 12.9. The number of benzene rings is 1. The molecule has 0 bridgehead atoms. The lowest BCUT2D eigenvalue weighted by molar-refractivity contribution is 0.0978. The first-order valence-electron chi connectivity index (χ1n) is 8.14. The lowest BCUT2D eigenvalue weighted by Crippen LogP contribution is -2.37. The first-order chi connectivity index (χ1) is 11.7. The van der Waals surface area contributed by atoms with Gasteiger partial charge in [0.25, 0.3) is 5.91 Å². The summed E-state index contributed by atoms with van der Waals surface area (Å²) >= 11 is 0. The molecule has 1 amide bonds. The Morgan fingerprint density at radius 3 is 2.92 bits per heavy atom. The van der Waals surface area contributed by atoms with Gasteiger partial charge in [-0.15, -0.1) is 0 Å². The maximum Gasteiger partial charge on any atom is 0.277 e. The predicted molar refractivity (Wildman–Crippen MR) is 92.8 cm³/mol. The van der Waals surface area contributed by atoms with E-state index >= 15 is 0 Å². The summed E-state index contributed by atoms with van der Waals surface area (Å²) in [5.41, 5.74) is 2.58. The van der Waals surface area contributed by atoms with Crippen molar-refractivity contribution in [3.8, 4) is 5.75 Å². The number of fused-ring (bicyclic) bond motifs is 1. The quantitative estimate of drug-likeness (QED) is 0.846. The Labute approximate surface area is 142 Å². The number of carbonyl (C=O) groups is 1. The van der Waals surface area contributed by atoms with Gasteiger partial charge in [-0.05, 0) is 36.5 Å². The summed E-state index contributed by atoms with van der Waals surface area (Å²) in [6, 6.07) is 11.5. The van der Waals surface area contributed by atoms with Crippen molar-refractivity contribution in [2.24, 2.45) is 0 Å². The Morgan fingerprint density at radius 1 is 1.29 bits per heavy atom. The SMILES string of the molecule is COCCC1CCN(C(=O)c2cc(OC)ccn2)c2ccccc21. The molecule has 1 unspecified atom stereocenters. The van der Waals surface area contributed by atoms with Crippen LogP contribution in [0.5, 0.6) is 5.75 Å². The number of hydrogen-bond acceptors (Lipinski definition) is 4. The zero-order valence-electron chi connectivity index (χ0n) is 14.1. The minimum Gasteiger partial charge on any atom is -0.497 e. The van der Waals surface area contributed by atoms with Gasteiger partial charge in [0.1, 0.15) is 11.4 Å². The van der Waals surface area contributed by atoms with Gasteiger partial charge in [-0.2, -0.15) is 0 Å². The molecule has 1 atom stereocenters. The van der Waals surface area contributed by atoms with E-state index in [-0.39, 0.29) is 5.91 Å². The third-order valence-corrected chi connectivity index (χ3v) is 4.47. The predicted octanol–water partition coefficient (Wildman–Crippen LogP) is 3.26. The Morgan fingerprint density at radius 2 is 2.12 bits per heavy atom. The number of para-hydroxylation sites is 1. The van der Waals surface area contributed by atoms with Crippen LogP contribution in [-0.4, -0.2) is 38.3 Å². The summed E-state index contributed by atoms with van der Waals surface area (Å²) in [4.78, 5) is 19.0. The molecule has 24 heavy (non-hydrogen) atoms. The highest BCUT2D eigenvalue weighted by Crippen LogP contribution is 2.37. The Bertz CT molecular complexity index is 717. The van der Waals surface area contributed by atoms with Crippen LogP contribution in [0.1, 0.15) is 34.8 Å². The van der Waals surface area contributed by atoms with Gasteiger partial charge in [0, 0.05) is 38.2 Å². The van der Waals surface area contributed by atoms with E-state index in [1.165, 1.54) is 5.56 Å². The van der Waals surface area contributed by atoms with Gasteiger partial charge in [0.05, 0.1) is 7.11 Å². The molecule has 2 heterocycles. The topological polar surface area (TPSA) is 51.7 Å². The summed E-state index contributed by atoms with van der Waals surface area (Å²) in [6.45, 7) is 1.41. The first-order valence-corrected chi connectivity index (χ1v) is 8.14. The average Bonchev–Trinajstić information content (AvgIpc) is 2.65. The van der Waals surface area contributed by atoms with E-state index in [0.29, 0.717) is 23.9 Å². The largest absolute Gasteiger partial charge is 0.497 e. The second-order valence-corrected chi connectivity index (χ2v) is 5.86. The molecular weight excluding hydrogens is 304 g/mol. The van der Waals surface area contributed by atoms with Crippen molar-refractivity contribution in [2.75, 3.05) is 32.3 Å². The van der Waals surface area contributed by atoms with E-state index in [9.17, 15) is 4.79 Å². The molecule has 0 radical (unpaired) electrons. The van der Waals surface area contributed by atoms with E-state index in [0.717, 1.165) is 25.1 Å². The van der Waals surface area contributed by atoms with E-state index in [4.69, 9.17) is 9.47 Å². The molecule has 5 heteroatoms. The molecule has 0 spiro atoms. The zero-order chi connectivity index (χ0) is 16.9. The number of nitrogens with zero attached hydrogens (tertiary/aromatic N) is 2. The molecule has 1 aliphatic heterocycles. The fourth-order valence-electron chi connectivity index (χ4n) is 3.20. The third-order valence-electron chi connectivity index (χ3n) is 4.47. The number of anilines is 1. The molecule has 0 aliphatic carbocycles. The van der Waals surface area contributed by atoms with E-state index in [2.05, 4.69) is 11.1 Å². The van der Waals surface area contributed by atoms with Gasteiger partial charge in [0.2, 0.25) is 0 Å². The van der Waals surface area contributed by atoms with Gasteiger partial charge in [-0.1, -0.05) is 18.2 Å². The molecule has 1 aromatic heterocycles. The minimum atomic E-state index is -0.0912. The molecular formula is C19H22N2O3. The molecule has 0 saturated carbocycles. The highest BCUT2D eigenvalue weighted by molar-refractivity contribution is 6.05. The maximum atomic E-state index is 12.9. The lowest BCUT2D eigenvalue weighted by Gasteiger charge is -2.34. The number of amides is 1. The molecule has 5 nitrogen and oxygen atoms in total. The van der Waals surface area contributed by atoms with Gasteiger partial charge in [-0.25, -0.2) is 0 Å². The Kier molecular flexibility index (Phi) is 5.11. The monoisotopic (exact) mass is 326 g/mol. The molecule has 0 N–H and O–H groups in total. The van der Waals surface area contributed by atoms with Crippen LogP contribution in [-0.2, 0) is 4.74 Å². The van der Waals surface area contributed by atoms with E-state index in [1.54, 1.807) is 32.5 Å². The smallest absolute Gasteiger partial charge is 0.277 e. The zero-order valence-corrected chi connectivity index (χ0v) is 14.1. The number of methoxy groups -OCH3 is 2. The molecule has 0 saturated heterocycles. The van der Waals surface area contributed by atoms with Crippen molar-refractivity contribution < 1.29 is 14.3 Å². The second-order valence-electron chi connectivity index (χ2n) is 5.86. The van der Waals surface area contributed by atoms with Crippen LogP contribution in [0, 0.1) is 0 Å². The van der Waals surface area contributed by atoms with Crippen molar-refractivity contribution in [1.82, 2.24) is 4.98 Å². The van der Waals surface area contributed by atoms with Crippen LogP contribution in [0.2, 0.25) is 0 Å². The van der Waals surface area contributed by atoms with Gasteiger partial charge in [-0.3, -0.25) is 9.78 Å². The van der Waals surface area contributed by atoms with Gasteiger partial charge >= 0.3 is 0 Å². The summed E-state index contributed by atoms with van der Waals surface area (Å²) in [7, 11) is 3.30. The van der Waals surface area contributed by atoms with Gasteiger partial charge < -0.3 is 14.4 Å². The Balaban J connectivity index is 1.89. The number of aromatic nitrogens is 1. The standard InChI is InChI=1S/C19H22N2O3/c1-23-12-9-14-8-11-21(18-6-4-3-5-16(14)18)19(22)17-13-15(24-2)7-10-20-17/h3-7,10,13-14H,8-9,11-12H2,1-2H3. The molecule has 2 aromatic rings. The molecule has 0 fully saturated rings. The molecule has 1 aromatic carbocycles. The average molecular weight is 326 g/mol.